The van der Waals surface area contributed by atoms with Gasteiger partial charge in [0, 0.05) is 17.7 Å². The van der Waals surface area contributed by atoms with Crippen LogP contribution in [0, 0.1) is 0 Å². The molecule has 0 radical (unpaired) electrons. The first-order chi connectivity index (χ1) is 20.3. The van der Waals surface area contributed by atoms with E-state index in [2.05, 4.69) is 0 Å². The van der Waals surface area contributed by atoms with Gasteiger partial charge in [0.25, 0.3) is 0 Å². The lowest BCUT2D eigenvalue weighted by Crippen LogP contribution is -2.60. The Balaban J connectivity index is 1.56. The first-order valence-electron chi connectivity index (χ1n) is 13.0. The summed E-state index contributed by atoms with van der Waals surface area (Å²) in [6.45, 7) is 0.654. The summed E-state index contributed by atoms with van der Waals surface area (Å²) in [4.78, 5) is 13.6. The van der Waals surface area contributed by atoms with Crippen molar-refractivity contribution in [2.75, 3.05) is 6.61 Å². The summed E-state index contributed by atoms with van der Waals surface area (Å²) in [5.41, 5.74) is -1.38. The molecule has 10 atom stereocenters. The van der Waals surface area contributed by atoms with E-state index < -0.39 is 108 Å². The van der Waals surface area contributed by atoms with Gasteiger partial charge in [-0.05, 0) is 25.1 Å². The van der Waals surface area contributed by atoms with Crippen molar-refractivity contribution in [2.24, 2.45) is 0 Å². The van der Waals surface area contributed by atoms with Gasteiger partial charge in [-0.1, -0.05) is 0 Å². The summed E-state index contributed by atoms with van der Waals surface area (Å²) in [7, 11) is 0. The molecular formula is C27H30O16. The lowest BCUT2D eigenvalue weighted by Gasteiger charge is -2.39. The fourth-order valence-electron chi connectivity index (χ4n) is 4.84. The van der Waals surface area contributed by atoms with E-state index in [9.17, 15) is 55.9 Å². The Bertz CT molecular complexity index is 1540. The summed E-state index contributed by atoms with van der Waals surface area (Å²) in [5, 5.41) is 101. The fourth-order valence-corrected chi connectivity index (χ4v) is 4.84. The van der Waals surface area contributed by atoms with Crippen molar-refractivity contribution < 1.29 is 74.4 Å². The van der Waals surface area contributed by atoms with Crippen LogP contribution in [0.3, 0.4) is 0 Å². The number of hydrogen-bond acceptors (Lipinski definition) is 16. The first-order valence-corrected chi connectivity index (χ1v) is 13.0. The summed E-state index contributed by atoms with van der Waals surface area (Å²) in [6.07, 6.45) is -15.8. The van der Waals surface area contributed by atoms with Crippen molar-refractivity contribution in [3.8, 4) is 40.1 Å². The maximum atomic E-state index is 13.6. The molecule has 43 heavy (non-hydrogen) atoms. The number of phenols is 3. The minimum atomic E-state index is -1.92. The molecule has 0 unspecified atom stereocenters. The molecule has 2 aromatic carbocycles. The van der Waals surface area contributed by atoms with E-state index in [1.165, 1.54) is 19.1 Å². The summed E-state index contributed by atoms with van der Waals surface area (Å²) in [5.74, 6) is -3.08. The number of rotatable bonds is 6. The van der Waals surface area contributed by atoms with Crippen molar-refractivity contribution in [1.82, 2.24) is 0 Å². The molecule has 0 saturated carbocycles. The topological polar surface area (TPSA) is 269 Å². The monoisotopic (exact) mass is 610 g/mol. The smallest absolute Gasteiger partial charge is 0.239 e. The second-order valence-corrected chi connectivity index (χ2v) is 10.2. The van der Waals surface area contributed by atoms with E-state index in [1.807, 2.05) is 0 Å². The van der Waals surface area contributed by atoms with Crippen LogP contribution >= 0.6 is 0 Å². The van der Waals surface area contributed by atoms with Gasteiger partial charge in [-0.3, -0.25) is 4.79 Å². The minimum Gasteiger partial charge on any atom is -0.508 e. The number of phenolic OH excluding ortho intramolecular Hbond substituents is 3. The Morgan fingerprint density at radius 3 is 2.07 bits per heavy atom. The maximum Gasteiger partial charge on any atom is 0.239 e. The van der Waals surface area contributed by atoms with Gasteiger partial charge in [0.15, 0.2) is 17.3 Å². The highest BCUT2D eigenvalue weighted by atomic mass is 16.7. The SMILES string of the molecule is C[C@@H]1O[C@@H](Oc2ccc(-c3oc4cc(O)cc(O)c4c(=O)c3O[C@@H]3O[C@H](CO)[C@@H](O)[C@H](O)[C@H]3O)cc2O)[C@H](O)[C@H](O)[C@H]1O. The predicted octanol–water partition coefficient (Wildman–Crippen LogP) is -2.04. The zero-order valence-corrected chi connectivity index (χ0v) is 22.3. The van der Waals surface area contributed by atoms with E-state index in [-0.39, 0.29) is 16.9 Å². The summed E-state index contributed by atoms with van der Waals surface area (Å²) >= 11 is 0. The van der Waals surface area contributed by atoms with E-state index in [1.54, 1.807) is 0 Å². The van der Waals surface area contributed by atoms with E-state index in [0.29, 0.717) is 0 Å². The van der Waals surface area contributed by atoms with Gasteiger partial charge in [-0.2, -0.15) is 0 Å². The van der Waals surface area contributed by atoms with Gasteiger partial charge in [0.05, 0.1) is 12.7 Å². The highest BCUT2D eigenvalue weighted by molar-refractivity contribution is 5.88. The van der Waals surface area contributed by atoms with Crippen molar-refractivity contribution >= 4 is 11.0 Å². The molecule has 3 heterocycles. The molecule has 2 aliphatic heterocycles. The third kappa shape index (κ3) is 5.55. The van der Waals surface area contributed by atoms with Crippen molar-refractivity contribution in [1.29, 1.82) is 0 Å². The first kappa shape index (κ1) is 30.7. The number of fused-ring (bicyclic) bond motifs is 1. The zero-order valence-electron chi connectivity index (χ0n) is 22.3. The fraction of sp³-hybridized carbons (Fsp3) is 0.444. The van der Waals surface area contributed by atoms with Crippen molar-refractivity contribution in [2.45, 2.75) is 68.3 Å². The van der Waals surface area contributed by atoms with Crippen molar-refractivity contribution in [3.63, 3.8) is 0 Å². The third-order valence-corrected chi connectivity index (χ3v) is 7.27. The van der Waals surface area contributed by atoms with Crippen LogP contribution < -0.4 is 14.9 Å². The lowest BCUT2D eigenvalue weighted by molar-refractivity contribution is -0.277. The van der Waals surface area contributed by atoms with Crippen LogP contribution in [-0.4, -0.2) is 119 Å². The van der Waals surface area contributed by atoms with Crippen LogP contribution in [0.15, 0.2) is 39.5 Å². The Labute approximate surface area is 241 Å². The van der Waals surface area contributed by atoms with Crippen LogP contribution in [0.1, 0.15) is 6.92 Å². The average molecular weight is 611 g/mol. The van der Waals surface area contributed by atoms with Crippen LogP contribution in [0.4, 0.5) is 0 Å². The molecule has 0 spiro atoms. The Morgan fingerprint density at radius 2 is 1.42 bits per heavy atom. The number of aromatic hydroxyl groups is 3. The molecule has 2 aliphatic rings. The predicted molar refractivity (Wildman–Crippen MR) is 140 cm³/mol. The third-order valence-electron chi connectivity index (χ3n) is 7.27. The molecule has 2 saturated heterocycles. The van der Waals surface area contributed by atoms with Gasteiger partial charge >= 0.3 is 0 Å². The number of aliphatic hydroxyl groups excluding tert-OH is 7. The number of hydrogen-bond donors (Lipinski definition) is 10. The van der Waals surface area contributed by atoms with Gasteiger partial charge in [0.2, 0.25) is 23.8 Å². The van der Waals surface area contributed by atoms with Crippen LogP contribution in [0.2, 0.25) is 0 Å². The number of benzene rings is 2. The average Bonchev–Trinajstić information content (AvgIpc) is 2.96. The molecule has 234 valence electrons. The van der Waals surface area contributed by atoms with E-state index in [4.69, 9.17) is 23.4 Å². The quantitative estimate of drug-likeness (QED) is 0.144. The van der Waals surface area contributed by atoms with Crippen LogP contribution in [-0.2, 0) is 9.47 Å². The molecule has 16 heteroatoms. The Morgan fingerprint density at radius 1 is 0.767 bits per heavy atom. The van der Waals surface area contributed by atoms with Crippen LogP contribution in [0.25, 0.3) is 22.3 Å². The van der Waals surface area contributed by atoms with Gasteiger partial charge < -0.3 is 74.4 Å². The summed E-state index contributed by atoms with van der Waals surface area (Å²) in [6, 6.07) is 5.40. The van der Waals surface area contributed by atoms with E-state index in [0.717, 1.165) is 18.2 Å². The molecule has 0 aliphatic carbocycles. The lowest BCUT2D eigenvalue weighted by atomic mass is 9.99. The number of ether oxygens (including phenoxy) is 4. The Kier molecular flexibility index (Phi) is 8.41. The standard InChI is InChI=1S/C27H30O16/c1-8-17(32)20(35)22(37)26(39-8)41-13-3-2-9(4-11(13)30)24-25(19(34)16-12(31)5-10(29)6-14(16)40-24)43-27-23(38)21(36)18(33)15(7-28)42-27/h2-6,8,15,17-18,20-23,26-33,35-38H,7H2,1H3/t8-,15+,17-,18+,20+,21-,22+,23+,26-,27-/m0/s1. The second kappa shape index (κ2) is 11.8. The largest absolute Gasteiger partial charge is 0.508 e. The van der Waals surface area contributed by atoms with E-state index >= 15 is 0 Å². The highest BCUT2D eigenvalue weighted by Gasteiger charge is 2.46. The molecule has 0 bridgehead atoms. The van der Waals surface area contributed by atoms with Gasteiger partial charge in [-0.15, -0.1) is 0 Å². The number of aliphatic hydroxyl groups is 7. The molecule has 1 aromatic heterocycles. The molecular weight excluding hydrogens is 580 g/mol. The van der Waals surface area contributed by atoms with Crippen LogP contribution in [0.5, 0.6) is 28.7 Å². The molecule has 2 fully saturated rings. The maximum absolute atomic E-state index is 13.6. The summed E-state index contributed by atoms with van der Waals surface area (Å²) < 4.78 is 27.6. The molecule has 3 aromatic rings. The Hall–Kier alpha value is -3.71. The molecule has 16 nitrogen and oxygen atoms in total. The highest BCUT2D eigenvalue weighted by Crippen LogP contribution is 2.40. The zero-order chi connectivity index (χ0) is 31.3. The van der Waals surface area contributed by atoms with Gasteiger partial charge in [-0.25, -0.2) is 0 Å². The normalized spacial score (nSPS) is 32.9. The minimum absolute atomic E-state index is 0.0554. The molecule has 5 rings (SSSR count). The van der Waals surface area contributed by atoms with Crippen molar-refractivity contribution in [3.05, 3.63) is 40.6 Å². The van der Waals surface area contributed by atoms with Gasteiger partial charge in [0.1, 0.15) is 65.2 Å². The molecule has 0 amide bonds. The second-order valence-electron chi connectivity index (χ2n) is 10.2. The molecule has 10 N–H and O–H groups in total.